The van der Waals surface area contributed by atoms with Gasteiger partial charge in [-0.05, 0) is 35.4 Å². The molecule has 84 valence electrons. The molecule has 0 aliphatic carbocycles. The summed E-state index contributed by atoms with van der Waals surface area (Å²) in [7, 11) is 0. The van der Waals surface area contributed by atoms with Crippen LogP contribution < -0.4 is 11.1 Å². The van der Waals surface area contributed by atoms with Crippen LogP contribution in [-0.2, 0) is 0 Å². The summed E-state index contributed by atoms with van der Waals surface area (Å²) in [6, 6.07) is 0. The van der Waals surface area contributed by atoms with Gasteiger partial charge in [-0.25, -0.2) is 9.97 Å². The Morgan fingerprint density at radius 2 is 2.27 bits per heavy atom. The van der Waals surface area contributed by atoms with Crippen LogP contribution in [0.25, 0.3) is 0 Å². The molecule has 0 fully saturated rings. The van der Waals surface area contributed by atoms with Gasteiger partial charge in [0, 0.05) is 12.7 Å². The smallest absolute Gasteiger partial charge is 0.143 e. The van der Waals surface area contributed by atoms with Crippen LogP contribution in [0.4, 0.5) is 5.82 Å². The Morgan fingerprint density at radius 1 is 1.60 bits per heavy atom. The first-order valence-electron chi connectivity index (χ1n) is 4.93. The van der Waals surface area contributed by atoms with Crippen LogP contribution in [0.1, 0.15) is 20.8 Å². The molecule has 1 aromatic heterocycles. The molecular formula is C10H17IN4. The van der Waals surface area contributed by atoms with Gasteiger partial charge in [0.15, 0.2) is 0 Å². The number of nitrogens with two attached hydrogens (primary N) is 1. The van der Waals surface area contributed by atoms with Crippen LogP contribution in [0.5, 0.6) is 0 Å². The predicted octanol–water partition coefficient (Wildman–Crippen LogP) is 1.87. The molecule has 1 atom stereocenters. The first-order valence-corrected chi connectivity index (χ1v) is 6.01. The van der Waals surface area contributed by atoms with Gasteiger partial charge >= 0.3 is 0 Å². The van der Waals surface area contributed by atoms with E-state index in [0.717, 1.165) is 9.39 Å². The van der Waals surface area contributed by atoms with Crippen molar-refractivity contribution in [2.45, 2.75) is 26.3 Å². The first kappa shape index (κ1) is 12.6. The molecule has 15 heavy (non-hydrogen) atoms. The molecule has 1 aromatic rings. The molecule has 0 saturated carbocycles. The van der Waals surface area contributed by atoms with E-state index in [-0.39, 0.29) is 5.54 Å². The molecule has 0 aliphatic heterocycles. The molecule has 3 N–H and O–H groups in total. The second kappa shape index (κ2) is 5.07. The van der Waals surface area contributed by atoms with Gasteiger partial charge in [-0.1, -0.05) is 13.8 Å². The van der Waals surface area contributed by atoms with Crippen LogP contribution >= 0.6 is 22.6 Å². The van der Waals surface area contributed by atoms with Gasteiger partial charge in [0.2, 0.25) is 0 Å². The third-order valence-electron chi connectivity index (χ3n) is 2.77. The summed E-state index contributed by atoms with van der Waals surface area (Å²) in [5.41, 5.74) is 5.67. The van der Waals surface area contributed by atoms with Crippen LogP contribution in [-0.4, -0.2) is 22.1 Å². The maximum absolute atomic E-state index is 5.80. The molecule has 0 amide bonds. The van der Waals surface area contributed by atoms with E-state index in [1.165, 1.54) is 0 Å². The highest BCUT2D eigenvalue weighted by atomic mass is 127. The monoisotopic (exact) mass is 320 g/mol. The molecule has 1 rings (SSSR count). The number of hydrogen-bond acceptors (Lipinski definition) is 4. The minimum absolute atomic E-state index is 0.131. The van der Waals surface area contributed by atoms with Gasteiger partial charge in [-0.3, -0.25) is 0 Å². The maximum atomic E-state index is 5.80. The summed E-state index contributed by atoms with van der Waals surface area (Å²) in [5.74, 6) is 1.29. The molecule has 1 unspecified atom stereocenters. The van der Waals surface area contributed by atoms with Crippen LogP contribution in [0.2, 0.25) is 0 Å². The fourth-order valence-corrected chi connectivity index (χ4v) is 1.54. The minimum Gasteiger partial charge on any atom is -0.362 e. The Hall–Kier alpha value is -0.430. The van der Waals surface area contributed by atoms with E-state index < -0.39 is 0 Å². The van der Waals surface area contributed by atoms with E-state index in [4.69, 9.17) is 5.73 Å². The predicted molar refractivity (Wildman–Crippen MR) is 70.7 cm³/mol. The molecule has 0 spiro atoms. The Balaban J connectivity index is 2.89. The number of aromatic nitrogens is 2. The third kappa shape index (κ3) is 3.01. The van der Waals surface area contributed by atoms with Crippen molar-refractivity contribution in [1.82, 2.24) is 9.97 Å². The number of rotatable bonds is 4. The van der Waals surface area contributed by atoms with E-state index in [1.807, 2.05) is 0 Å². The third-order valence-corrected chi connectivity index (χ3v) is 3.56. The summed E-state index contributed by atoms with van der Waals surface area (Å²) in [4.78, 5) is 8.16. The highest BCUT2D eigenvalue weighted by molar-refractivity contribution is 14.1. The zero-order valence-corrected chi connectivity index (χ0v) is 11.4. The van der Waals surface area contributed by atoms with Crippen molar-refractivity contribution in [2.24, 2.45) is 11.7 Å². The van der Waals surface area contributed by atoms with E-state index in [0.29, 0.717) is 12.5 Å². The fraction of sp³-hybridized carbons (Fsp3) is 0.600. The van der Waals surface area contributed by atoms with Crippen LogP contribution in [0.3, 0.4) is 0 Å². The Labute approximate surface area is 104 Å². The largest absolute Gasteiger partial charge is 0.362 e. The normalized spacial score (nSPS) is 15.1. The molecule has 4 nitrogen and oxygen atoms in total. The van der Waals surface area contributed by atoms with Gasteiger partial charge in [-0.15, -0.1) is 0 Å². The van der Waals surface area contributed by atoms with Crippen molar-refractivity contribution in [3.05, 3.63) is 16.1 Å². The Kier molecular flexibility index (Phi) is 4.27. The van der Waals surface area contributed by atoms with Crippen molar-refractivity contribution in [3.8, 4) is 0 Å². The lowest BCUT2D eigenvalue weighted by Gasteiger charge is -2.34. The minimum atomic E-state index is -0.131. The molecule has 5 heteroatoms. The summed E-state index contributed by atoms with van der Waals surface area (Å²) in [6.45, 7) is 6.97. The van der Waals surface area contributed by atoms with Crippen molar-refractivity contribution >= 4 is 28.4 Å². The van der Waals surface area contributed by atoms with E-state index in [1.54, 1.807) is 12.5 Å². The average molecular weight is 320 g/mol. The van der Waals surface area contributed by atoms with Crippen molar-refractivity contribution < 1.29 is 0 Å². The first-order chi connectivity index (χ1) is 6.99. The molecule has 0 radical (unpaired) electrons. The molecule has 1 heterocycles. The fourth-order valence-electron chi connectivity index (χ4n) is 1.11. The van der Waals surface area contributed by atoms with Crippen LogP contribution in [0, 0.1) is 9.49 Å². The van der Waals surface area contributed by atoms with Gasteiger partial charge in [0.05, 0.1) is 9.11 Å². The standard InChI is InChI=1S/C10H17IN4/c1-7(2)10(3,5-12)15-9-8(11)4-13-6-14-9/h4,6-7H,5,12H2,1-3H3,(H,13,14,15). The molecule has 0 aliphatic rings. The lowest BCUT2D eigenvalue weighted by Crippen LogP contribution is -2.47. The second-order valence-electron chi connectivity index (χ2n) is 4.12. The maximum Gasteiger partial charge on any atom is 0.143 e. The van der Waals surface area contributed by atoms with Gasteiger partial charge in [0.1, 0.15) is 12.1 Å². The Morgan fingerprint density at radius 3 is 2.73 bits per heavy atom. The average Bonchev–Trinajstić information content (AvgIpc) is 2.21. The molecule has 0 saturated heterocycles. The van der Waals surface area contributed by atoms with E-state index in [9.17, 15) is 0 Å². The number of anilines is 1. The number of nitrogens with one attached hydrogen (secondary N) is 1. The topological polar surface area (TPSA) is 63.8 Å². The highest BCUT2D eigenvalue weighted by Crippen LogP contribution is 2.23. The van der Waals surface area contributed by atoms with Gasteiger partial charge in [-0.2, -0.15) is 0 Å². The van der Waals surface area contributed by atoms with Crippen molar-refractivity contribution in [1.29, 1.82) is 0 Å². The van der Waals surface area contributed by atoms with E-state index >= 15 is 0 Å². The van der Waals surface area contributed by atoms with E-state index in [2.05, 4.69) is 58.6 Å². The lowest BCUT2D eigenvalue weighted by molar-refractivity contribution is 0.381. The van der Waals surface area contributed by atoms with Crippen molar-refractivity contribution in [3.63, 3.8) is 0 Å². The van der Waals surface area contributed by atoms with Crippen LogP contribution in [0.15, 0.2) is 12.5 Å². The van der Waals surface area contributed by atoms with Gasteiger partial charge in [0.25, 0.3) is 0 Å². The van der Waals surface area contributed by atoms with Gasteiger partial charge < -0.3 is 11.1 Å². The second-order valence-corrected chi connectivity index (χ2v) is 5.28. The molecule has 0 bridgehead atoms. The summed E-state index contributed by atoms with van der Waals surface area (Å²) in [5, 5.41) is 3.39. The van der Waals surface area contributed by atoms with Crippen molar-refractivity contribution in [2.75, 3.05) is 11.9 Å². The zero-order chi connectivity index (χ0) is 11.5. The number of hydrogen-bond donors (Lipinski definition) is 2. The number of nitrogens with zero attached hydrogens (tertiary/aromatic N) is 2. The summed E-state index contributed by atoms with van der Waals surface area (Å²) < 4.78 is 1.01. The zero-order valence-electron chi connectivity index (χ0n) is 9.29. The molecule has 0 aromatic carbocycles. The SMILES string of the molecule is CC(C)C(C)(CN)Nc1ncncc1I. The lowest BCUT2D eigenvalue weighted by atomic mass is 9.88. The highest BCUT2D eigenvalue weighted by Gasteiger charge is 2.27. The summed E-state index contributed by atoms with van der Waals surface area (Å²) in [6.07, 6.45) is 3.33. The number of halogens is 1. The summed E-state index contributed by atoms with van der Waals surface area (Å²) >= 11 is 2.21. The Bertz CT molecular complexity index is 329. The quantitative estimate of drug-likeness (QED) is 0.832. The molecular weight excluding hydrogens is 303 g/mol.